The summed E-state index contributed by atoms with van der Waals surface area (Å²) in [6.07, 6.45) is 4.52. The zero-order valence-corrected chi connectivity index (χ0v) is 12.2. The smallest absolute Gasteiger partial charge is 0.274 e. The zero-order valence-electron chi connectivity index (χ0n) is 9.92. The number of carbonyl (C=O) groups excluding carboxylic acids is 1. The second-order valence-corrected chi connectivity index (χ2v) is 5.59. The van der Waals surface area contributed by atoms with E-state index in [1.165, 1.54) is 6.20 Å². The van der Waals surface area contributed by atoms with E-state index in [9.17, 15) is 4.79 Å². The number of likely N-dealkylation sites (tertiary alicyclic amines) is 1. The van der Waals surface area contributed by atoms with E-state index in [1.807, 2.05) is 6.92 Å². The lowest BCUT2D eigenvalue weighted by Crippen LogP contribution is -2.42. The molecule has 1 unspecified atom stereocenters. The molecule has 6 heteroatoms. The molecule has 2 heterocycles. The van der Waals surface area contributed by atoms with E-state index < -0.39 is 0 Å². The summed E-state index contributed by atoms with van der Waals surface area (Å²) in [7, 11) is 0. The molecular formula is C12H13Cl3N2O. The fourth-order valence-corrected chi connectivity index (χ4v) is 2.69. The van der Waals surface area contributed by atoms with Crippen LogP contribution in [0.1, 0.15) is 36.7 Å². The Kier molecular flexibility index (Phi) is 4.36. The Morgan fingerprint density at radius 3 is 2.72 bits per heavy atom. The molecule has 0 aliphatic carbocycles. The van der Waals surface area contributed by atoms with Gasteiger partial charge in [-0.15, -0.1) is 0 Å². The van der Waals surface area contributed by atoms with Gasteiger partial charge in [-0.05, 0) is 26.2 Å². The van der Waals surface area contributed by atoms with Gasteiger partial charge in [0.25, 0.3) is 5.91 Å². The number of hydrogen-bond donors (Lipinski definition) is 0. The van der Waals surface area contributed by atoms with Crippen molar-refractivity contribution in [2.75, 3.05) is 6.54 Å². The molecule has 98 valence electrons. The number of hydrogen-bond acceptors (Lipinski definition) is 2. The summed E-state index contributed by atoms with van der Waals surface area (Å²) in [6, 6.07) is 0.207. The summed E-state index contributed by atoms with van der Waals surface area (Å²) >= 11 is 17.8. The van der Waals surface area contributed by atoms with Gasteiger partial charge in [0.2, 0.25) is 0 Å². The first-order valence-electron chi connectivity index (χ1n) is 5.83. The second kappa shape index (κ2) is 5.64. The highest BCUT2D eigenvalue weighted by Crippen LogP contribution is 2.32. The van der Waals surface area contributed by atoms with Gasteiger partial charge in [0.1, 0.15) is 5.69 Å². The van der Waals surface area contributed by atoms with Crippen LogP contribution in [0.2, 0.25) is 15.1 Å². The minimum absolute atomic E-state index is 0.131. The van der Waals surface area contributed by atoms with Gasteiger partial charge in [-0.2, -0.15) is 0 Å². The Morgan fingerprint density at radius 2 is 2.06 bits per heavy atom. The molecule has 1 fully saturated rings. The molecule has 1 atom stereocenters. The molecule has 0 N–H and O–H groups in total. The van der Waals surface area contributed by atoms with Crippen LogP contribution in [0.4, 0.5) is 0 Å². The maximum Gasteiger partial charge on any atom is 0.274 e. The van der Waals surface area contributed by atoms with Gasteiger partial charge in [0.05, 0.1) is 15.1 Å². The quantitative estimate of drug-likeness (QED) is 0.784. The molecule has 1 aromatic rings. The Labute approximate surface area is 121 Å². The second-order valence-electron chi connectivity index (χ2n) is 4.43. The van der Waals surface area contributed by atoms with Gasteiger partial charge < -0.3 is 4.90 Å². The average molecular weight is 308 g/mol. The number of halogens is 3. The number of amides is 1. The fourth-order valence-electron chi connectivity index (χ4n) is 2.13. The summed E-state index contributed by atoms with van der Waals surface area (Å²) < 4.78 is 0. The first-order chi connectivity index (χ1) is 8.52. The summed E-state index contributed by atoms with van der Waals surface area (Å²) in [5.74, 6) is -0.175. The average Bonchev–Trinajstić information content (AvgIpc) is 2.36. The Bertz CT molecular complexity index is 479. The molecule has 0 spiro atoms. The zero-order chi connectivity index (χ0) is 13.3. The summed E-state index contributed by atoms with van der Waals surface area (Å²) in [5, 5.41) is 0.568. The van der Waals surface area contributed by atoms with Crippen LogP contribution in [0.15, 0.2) is 6.20 Å². The first-order valence-corrected chi connectivity index (χ1v) is 6.96. The Balaban J connectivity index is 2.31. The van der Waals surface area contributed by atoms with E-state index >= 15 is 0 Å². The lowest BCUT2D eigenvalue weighted by atomic mass is 10.0. The topological polar surface area (TPSA) is 33.2 Å². The van der Waals surface area contributed by atoms with Gasteiger partial charge >= 0.3 is 0 Å². The van der Waals surface area contributed by atoms with Crippen molar-refractivity contribution in [3.05, 3.63) is 27.0 Å². The van der Waals surface area contributed by atoms with E-state index in [1.54, 1.807) is 4.90 Å². The van der Waals surface area contributed by atoms with E-state index in [4.69, 9.17) is 34.8 Å². The predicted octanol–water partition coefficient (Wildman–Crippen LogP) is 4.06. The molecule has 0 saturated carbocycles. The van der Waals surface area contributed by atoms with Crippen molar-refractivity contribution >= 4 is 40.7 Å². The van der Waals surface area contributed by atoms with Crippen molar-refractivity contribution in [3.8, 4) is 0 Å². The summed E-state index contributed by atoms with van der Waals surface area (Å²) in [6.45, 7) is 2.76. The molecule has 1 aromatic heterocycles. The predicted molar refractivity (Wildman–Crippen MR) is 73.6 cm³/mol. The molecule has 1 amide bonds. The fraction of sp³-hybridized carbons (Fsp3) is 0.500. The van der Waals surface area contributed by atoms with Crippen molar-refractivity contribution in [2.24, 2.45) is 0 Å². The highest BCUT2D eigenvalue weighted by molar-refractivity contribution is 6.48. The minimum atomic E-state index is -0.175. The van der Waals surface area contributed by atoms with Crippen molar-refractivity contribution in [2.45, 2.75) is 32.2 Å². The van der Waals surface area contributed by atoms with E-state index in [-0.39, 0.29) is 32.7 Å². The van der Waals surface area contributed by atoms with Crippen LogP contribution in [0.25, 0.3) is 0 Å². The van der Waals surface area contributed by atoms with Crippen LogP contribution in [-0.4, -0.2) is 28.4 Å². The van der Waals surface area contributed by atoms with Crippen LogP contribution in [0, 0.1) is 0 Å². The molecular weight excluding hydrogens is 295 g/mol. The highest BCUT2D eigenvalue weighted by atomic mass is 35.5. The van der Waals surface area contributed by atoms with Crippen LogP contribution >= 0.6 is 34.8 Å². The molecule has 0 radical (unpaired) electrons. The number of pyridine rings is 1. The molecule has 18 heavy (non-hydrogen) atoms. The number of carbonyl (C=O) groups is 1. The number of rotatable bonds is 1. The Hall–Kier alpha value is -0.510. The van der Waals surface area contributed by atoms with Crippen molar-refractivity contribution in [3.63, 3.8) is 0 Å². The molecule has 0 aromatic carbocycles. The maximum absolute atomic E-state index is 12.4. The van der Waals surface area contributed by atoms with Crippen molar-refractivity contribution < 1.29 is 4.79 Å². The number of nitrogens with zero attached hydrogens (tertiary/aromatic N) is 2. The first kappa shape index (κ1) is 13.9. The van der Waals surface area contributed by atoms with Crippen LogP contribution in [0.5, 0.6) is 0 Å². The molecule has 1 aliphatic rings. The summed E-state index contributed by atoms with van der Waals surface area (Å²) in [4.78, 5) is 18.2. The largest absolute Gasteiger partial charge is 0.335 e. The molecule has 1 saturated heterocycles. The molecule has 0 bridgehead atoms. The Morgan fingerprint density at radius 1 is 1.33 bits per heavy atom. The van der Waals surface area contributed by atoms with E-state index in [2.05, 4.69) is 4.98 Å². The minimum Gasteiger partial charge on any atom is -0.335 e. The number of piperidine rings is 1. The standard InChI is InChI=1S/C12H13Cl3N2O/c1-7-4-2-3-5-17(7)12(18)11-10(15)9(14)8(13)6-16-11/h6-7H,2-5H2,1H3. The third-order valence-electron chi connectivity index (χ3n) is 3.18. The third-order valence-corrected chi connectivity index (χ3v) is 4.42. The van der Waals surface area contributed by atoms with Gasteiger partial charge in [-0.25, -0.2) is 4.98 Å². The van der Waals surface area contributed by atoms with Gasteiger partial charge in [0.15, 0.2) is 0 Å². The summed E-state index contributed by atoms with van der Waals surface area (Å²) in [5.41, 5.74) is 0.180. The van der Waals surface area contributed by atoms with E-state index in [0.29, 0.717) is 0 Å². The van der Waals surface area contributed by atoms with Crippen LogP contribution in [-0.2, 0) is 0 Å². The third kappa shape index (κ3) is 2.58. The molecule has 1 aliphatic heterocycles. The highest BCUT2D eigenvalue weighted by Gasteiger charge is 2.27. The SMILES string of the molecule is CC1CCCCN1C(=O)c1ncc(Cl)c(Cl)c1Cl. The van der Waals surface area contributed by atoms with E-state index in [0.717, 1.165) is 25.8 Å². The van der Waals surface area contributed by atoms with Crippen LogP contribution < -0.4 is 0 Å². The monoisotopic (exact) mass is 306 g/mol. The molecule has 2 rings (SSSR count). The number of aromatic nitrogens is 1. The van der Waals surface area contributed by atoms with Gasteiger partial charge in [-0.3, -0.25) is 4.79 Å². The van der Waals surface area contributed by atoms with Gasteiger partial charge in [0, 0.05) is 18.8 Å². The molecule has 3 nitrogen and oxygen atoms in total. The normalized spacial score (nSPS) is 20.0. The lowest BCUT2D eigenvalue weighted by molar-refractivity contribution is 0.0630. The lowest BCUT2D eigenvalue weighted by Gasteiger charge is -2.33. The van der Waals surface area contributed by atoms with Crippen LogP contribution in [0.3, 0.4) is 0 Å². The van der Waals surface area contributed by atoms with Gasteiger partial charge in [-0.1, -0.05) is 34.8 Å². The van der Waals surface area contributed by atoms with Crippen molar-refractivity contribution in [1.82, 2.24) is 9.88 Å². The maximum atomic E-state index is 12.4. The van der Waals surface area contributed by atoms with Crippen molar-refractivity contribution in [1.29, 1.82) is 0 Å².